The normalized spacial score (nSPS) is 25.4. The number of aliphatic imine (C=N–C) groups is 1. The van der Waals surface area contributed by atoms with Crippen molar-refractivity contribution in [1.29, 1.82) is 0 Å². The molecule has 0 aliphatic carbocycles. The molecule has 0 saturated carbocycles. The van der Waals surface area contributed by atoms with Crippen molar-refractivity contribution < 1.29 is 9.47 Å². The van der Waals surface area contributed by atoms with Gasteiger partial charge in [0.1, 0.15) is 11.9 Å². The van der Waals surface area contributed by atoms with Crippen LogP contribution in [0.4, 0.5) is 5.82 Å². The SMILES string of the molecule is CCN1CCN(c2cc(CNC(=NC)N3CCOC(C4CCCO4)C3)ccn2)CC1.I. The zero-order chi connectivity index (χ0) is 20.8. The zero-order valence-corrected chi connectivity index (χ0v) is 21.2. The van der Waals surface area contributed by atoms with Crippen LogP contribution in [0.3, 0.4) is 0 Å². The Bertz CT molecular complexity index is 707. The monoisotopic (exact) mass is 544 g/mol. The van der Waals surface area contributed by atoms with E-state index in [-0.39, 0.29) is 36.2 Å². The summed E-state index contributed by atoms with van der Waals surface area (Å²) in [4.78, 5) is 16.3. The molecular formula is C22H37IN6O2. The van der Waals surface area contributed by atoms with Gasteiger partial charge < -0.3 is 29.5 Å². The van der Waals surface area contributed by atoms with Gasteiger partial charge in [0.15, 0.2) is 5.96 Å². The molecule has 3 aliphatic rings. The quantitative estimate of drug-likeness (QED) is 0.345. The molecule has 4 heterocycles. The second-order valence-electron chi connectivity index (χ2n) is 8.25. The third kappa shape index (κ3) is 6.43. The van der Waals surface area contributed by atoms with Gasteiger partial charge in [0, 0.05) is 65.7 Å². The van der Waals surface area contributed by atoms with Gasteiger partial charge in [-0.3, -0.25) is 4.99 Å². The first-order valence-corrected chi connectivity index (χ1v) is 11.4. The number of likely N-dealkylation sites (N-methyl/N-ethyl adjacent to an activating group) is 1. The minimum Gasteiger partial charge on any atom is -0.375 e. The maximum atomic E-state index is 5.98. The molecule has 0 spiro atoms. The van der Waals surface area contributed by atoms with Crippen LogP contribution in [-0.4, -0.2) is 99.0 Å². The number of nitrogens with one attached hydrogen (secondary N) is 1. The van der Waals surface area contributed by atoms with E-state index in [2.05, 4.69) is 49.0 Å². The summed E-state index contributed by atoms with van der Waals surface area (Å²) in [5.74, 6) is 2.00. The first kappa shape index (κ1) is 24.5. The Morgan fingerprint density at radius 2 is 1.97 bits per heavy atom. The van der Waals surface area contributed by atoms with E-state index in [0.717, 1.165) is 83.6 Å². The third-order valence-corrected chi connectivity index (χ3v) is 6.39. The number of nitrogens with zero attached hydrogens (tertiary/aromatic N) is 5. The highest BCUT2D eigenvalue weighted by Crippen LogP contribution is 2.21. The number of aromatic nitrogens is 1. The average molecular weight is 544 g/mol. The van der Waals surface area contributed by atoms with Gasteiger partial charge in [0.05, 0.1) is 12.7 Å². The van der Waals surface area contributed by atoms with Gasteiger partial charge >= 0.3 is 0 Å². The number of anilines is 1. The summed E-state index contributed by atoms with van der Waals surface area (Å²) in [6.45, 7) is 11.6. The number of piperazine rings is 1. The van der Waals surface area contributed by atoms with Gasteiger partial charge in [0.25, 0.3) is 0 Å². The molecule has 2 unspecified atom stereocenters. The number of morpholine rings is 1. The first-order valence-electron chi connectivity index (χ1n) is 11.4. The molecule has 31 heavy (non-hydrogen) atoms. The lowest BCUT2D eigenvalue weighted by Crippen LogP contribution is -2.53. The standard InChI is InChI=1S/C22H36N6O2.HI/c1-3-26-8-10-27(11-9-26)21-15-18(6-7-24-21)16-25-22(23-2)28-12-14-30-20(17-28)19-5-4-13-29-19;/h6-7,15,19-20H,3-5,8-14,16-17H2,1-2H3,(H,23,25);1H. The Morgan fingerprint density at radius 3 is 2.68 bits per heavy atom. The second-order valence-corrected chi connectivity index (χ2v) is 8.25. The van der Waals surface area contributed by atoms with Crippen LogP contribution in [0.15, 0.2) is 23.3 Å². The van der Waals surface area contributed by atoms with Crippen molar-refractivity contribution in [1.82, 2.24) is 20.1 Å². The van der Waals surface area contributed by atoms with Crippen molar-refractivity contribution in [2.75, 3.05) is 71.0 Å². The molecule has 1 N–H and O–H groups in total. The largest absolute Gasteiger partial charge is 0.375 e. The van der Waals surface area contributed by atoms with Gasteiger partial charge in [-0.05, 0) is 37.1 Å². The lowest BCUT2D eigenvalue weighted by molar-refractivity contribution is -0.0817. The van der Waals surface area contributed by atoms with Gasteiger partial charge in [-0.15, -0.1) is 24.0 Å². The molecule has 3 fully saturated rings. The van der Waals surface area contributed by atoms with Gasteiger partial charge in [-0.1, -0.05) is 6.92 Å². The van der Waals surface area contributed by atoms with Crippen LogP contribution in [0.25, 0.3) is 0 Å². The highest BCUT2D eigenvalue weighted by Gasteiger charge is 2.32. The molecule has 1 aromatic heterocycles. The molecule has 174 valence electrons. The second kappa shape index (κ2) is 12.2. The minimum atomic E-state index is 0. The molecule has 8 nitrogen and oxygen atoms in total. The number of hydrogen-bond acceptors (Lipinski definition) is 6. The summed E-state index contributed by atoms with van der Waals surface area (Å²) < 4.78 is 11.8. The highest BCUT2D eigenvalue weighted by molar-refractivity contribution is 14.0. The van der Waals surface area contributed by atoms with Crippen molar-refractivity contribution in [3.63, 3.8) is 0 Å². The molecular weight excluding hydrogens is 507 g/mol. The van der Waals surface area contributed by atoms with E-state index < -0.39 is 0 Å². The third-order valence-electron chi connectivity index (χ3n) is 6.39. The zero-order valence-electron chi connectivity index (χ0n) is 18.8. The van der Waals surface area contributed by atoms with E-state index in [1.807, 2.05) is 13.2 Å². The predicted octanol–water partition coefficient (Wildman–Crippen LogP) is 1.80. The Kier molecular flexibility index (Phi) is 9.61. The lowest BCUT2D eigenvalue weighted by Gasteiger charge is -2.37. The molecule has 0 bridgehead atoms. The van der Waals surface area contributed by atoms with Crippen LogP contribution in [0, 0.1) is 0 Å². The van der Waals surface area contributed by atoms with Crippen LogP contribution in [0.2, 0.25) is 0 Å². The van der Waals surface area contributed by atoms with E-state index in [4.69, 9.17) is 9.47 Å². The van der Waals surface area contributed by atoms with E-state index in [1.165, 1.54) is 5.56 Å². The number of guanidine groups is 1. The van der Waals surface area contributed by atoms with Crippen molar-refractivity contribution in [3.8, 4) is 0 Å². The van der Waals surface area contributed by atoms with Gasteiger partial charge in [-0.25, -0.2) is 4.98 Å². The Hall–Kier alpha value is -1.17. The summed E-state index contributed by atoms with van der Waals surface area (Å²) >= 11 is 0. The maximum absolute atomic E-state index is 5.98. The van der Waals surface area contributed by atoms with Crippen LogP contribution in [0.1, 0.15) is 25.3 Å². The van der Waals surface area contributed by atoms with Crippen molar-refractivity contribution >= 4 is 35.8 Å². The van der Waals surface area contributed by atoms with Crippen LogP contribution in [-0.2, 0) is 16.0 Å². The Balaban J connectivity index is 0.00000272. The number of halogens is 1. The molecule has 0 radical (unpaired) electrons. The Morgan fingerprint density at radius 1 is 1.16 bits per heavy atom. The summed E-state index contributed by atoms with van der Waals surface area (Å²) in [7, 11) is 1.85. The molecule has 2 atom stereocenters. The molecule has 0 amide bonds. The van der Waals surface area contributed by atoms with Gasteiger partial charge in [-0.2, -0.15) is 0 Å². The summed E-state index contributed by atoms with van der Waals surface area (Å²) in [5.41, 5.74) is 1.23. The van der Waals surface area contributed by atoms with Crippen molar-refractivity contribution in [2.45, 2.75) is 38.5 Å². The summed E-state index contributed by atoms with van der Waals surface area (Å²) in [6, 6.07) is 4.29. The molecule has 1 aromatic rings. The molecule has 0 aromatic carbocycles. The van der Waals surface area contributed by atoms with E-state index >= 15 is 0 Å². The molecule has 3 saturated heterocycles. The average Bonchev–Trinajstić information content (AvgIpc) is 3.35. The van der Waals surface area contributed by atoms with Crippen LogP contribution >= 0.6 is 24.0 Å². The van der Waals surface area contributed by atoms with Crippen molar-refractivity contribution in [3.05, 3.63) is 23.9 Å². The summed E-state index contributed by atoms with van der Waals surface area (Å²) in [5, 5.41) is 3.54. The van der Waals surface area contributed by atoms with E-state index in [0.29, 0.717) is 6.61 Å². The first-order chi connectivity index (χ1) is 14.8. The maximum Gasteiger partial charge on any atom is 0.194 e. The number of ether oxygens (including phenoxy) is 2. The fourth-order valence-corrected chi connectivity index (χ4v) is 4.54. The number of pyridine rings is 1. The number of rotatable bonds is 5. The van der Waals surface area contributed by atoms with Gasteiger partial charge in [0.2, 0.25) is 0 Å². The van der Waals surface area contributed by atoms with E-state index in [9.17, 15) is 0 Å². The Labute approximate surface area is 203 Å². The van der Waals surface area contributed by atoms with Crippen LogP contribution in [0.5, 0.6) is 0 Å². The van der Waals surface area contributed by atoms with Crippen LogP contribution < -0.4 is 10.2 Å². The van der Waals surface area contributed by atoms with Crippen molar-refractivity contribution in [2.24, 2.45) is 4.99 Å². The smallest absolute Gasteiger partial charge is 0.194 e. The molecule has 9 heteroatoms. The minimum absolute atomic E-state index is 0. The fraction of sp³-hybridized carbons (Fsp3) is 0.727. The fourth-order valence-electron chi connectivity index (χ4n) is 4.54. The number of hydrogen-bond donors (Lipinski definition) is 1. The lowest BCUT2D eigenvalue weighted by atomic mass is 10.1. The molecule has 4 rings (SSSR count). The van der Waals surface area contributed by atoms with E-state index in [1.54, 1.807) is 0 Å². The predicted molar refractivity (Wildman–Crippen MR) is 134 cm³/mol. The topological polar surface area (TPSA) is 65.5 Å². The highest BCUT2D eigenvalue weighted by atomic mass is 127. The summed E-state index contributed by atoms with van der Waals surface area (Å²) in [6.07, 6.45) is 4.51. The molecule has 3 aliphatic heterocycles.